The van der Waals surface area contributed by atoms with Crippen LogP contribution in [-0.2, 0) is 19.8 Å². The van der Waals surface area contributed by atoms with Gasteiger partial charge < -0.3 is 10.6 Å². The molecule has 25 heavy (non-hydrogen) atoms. The van der Waals surface area contributed by atoms with E-state index < -0.39 is 11.9 Å². The minimum absolute atomic E-state index is 0. The molecule has 0 amide bonds. The fourth-order valence-electron chi connectivity index (χ4n) is 2.27. The van der Waals surface area contributed by atoms with Gasteiger partial charge in [-0.05, 0) is 32.6 Å². The number of nitrogens with zero attached hydrogens (tertiary/aromatic N) is 3. The van der Waals surface area contributed by atoms with Crippen LogP contribution in [0.3, 0.4) is 0 Å². The molecule has 0 saturated carbocycles. The summed E-state index contributed by atoms with van der Waals surface area (Å²) in [5, 5.41) is 9.80. The zero-order chi connectivity index (χ0) is 18.3. The number of halogens is 4. The van der Waals surface area contributed by atoms with Crippen molar-refractivity contribution in [3.05, 3.63) is 17.5 Å². The number of hydrogen-bond donors (Lipinski definition) is 2. The summed E-state index contributed by atoms with van der Waals surface area (Å²) in [4.78, 5) is 4.28. The highest BCUT2D eigenvalue weighted by atomic mass is 127. The second-order valence-electron chi connectivity index (χ2n) is 6.39. The Morgan fingerprint density at radius 3 is 2.44 bits per heavy atom. The van der Waals surface area contributed by atoms with Crippen LogP contribution in [0, 0.1) is 5.92 Å². The van der Waals surface area contributed by atoms with Gasteiger partial charge in [-0.15, -0.1) is 24.0 Å². The first-order valence-corrected chi connectivity index (χ1v) is 8.28. The Labute approximate surface area is 164 Å². The Morgan fingerprint density at radius 2 is 1.92 bits per heavy atom. The highest BCUT2D eigenvalue weighted by Gasteiger charge is 2.36. The number of aryl methyl sites for hydroxylation is 1. The molecule has 2 N–H and O–H groups in total. The Hall–Kier alpha value is -1.00. The number of rotatable bonds is 7. The number of alkyl halides is 3. The van der Waals surface area contributed by atoms with Crippen molar-refractivity contribution in [3.8, 4) is 0 Å². The van der Waals surface area contributed by atoms with Gasteiger partial charge in [0.25, 0.3) is 0 Å². The van der Waals surface area contributed by atoms with Crippen LogP contribution in [0.25, 0.3) is 0 Å². The summed E-state index contributed by atoms with van der Waals surface area (Å²) in [6.07, 6.45) is -1.06. The topological polar surface area (TPSA) is 54.2 Å². The summed E-state index contributed by atoms with van der Waals surface area (Å²) in [5.74, 6) is 1.13. The van der Waals surface area contributed by atoms with Gasteiger partial charge in [0, 0.05) is 31.4 Å². The molecule has 0 aliphatic heterocycles. The Kier molecular flexibility index (Phi) is 10.4. The van der Waals surface area contributed by atoms with Gasteiger partial charge in [0.2, 0.25) is 0 Å². The predicted octanol–water partition coefficient (Wildman–Crippen LogP) is 3.94. The number of guanidine groups is 1. The highest BCUT2D eigenvalue weighted by Crippen LogP contribution is 2.30. The second kappa shape index (κ2) is 10.9. The molecule has 0 saturated heterocycles. The maximum absolute atomic E-state index is 13.0. The van der Waals surface area contributed by atoms with Crippen LogP contribution in [-0.4, -0.2) is 28.3 Å². The van der Waals surface area contributed by atoms with Gasteiger partial charge >= 0.3 is 6.18 Å². The third-order valence-corrected chi connectivity index (χ3v) is 3.48. The first kappa shape index (κ1) is 24.0. The van der Waals surface area contributed by atoms with E-state index in [2.05, 4.69) is 34.6 Å². The van der Waals surface area contributed by atoms with Crippen molar-refractivity contribution < 1.29 is 13.2 Å². The minimum Gasteiger partial charge on any atom is -0.357 e. The van der Waals surface area contributed by atoms with Crippen LogP contribution in [0.2, 0.25) is 0 Å². The standard InChI is InChI=1S/C16H28F3N5.HI/c1-6-20-15(22-12(4)8-7-11(2)3)21-9-13-10-24(5)23-14(13)16(17,18)19;/h10-12H,6-9H2,1-5H3,(H2,20,21,22);1H. The van der Waals surface area contributed by atoms with Gasteiger partial charge in [-0.2, -0.15) is 18.3 Å². The van der Waals surface area contributed by atoms with Crippen molar-refractivity contribution in [2.45, 2.75) is 59.3 Å². The lowest BCUT2D eigenvalue weighted by Crippen LogP contribution is -2.42. The quantitative estimate of drug-likeness (QED) is 0.357. The van der Waals surface area contributed by atoms with E-state index in [4.69, 9.17) is 0 Å². The van der Waals surface area contributed by atoms with Crippen molar-refractivity contribution in [2.24, 2.45) is 18.0 Å². The monoisotopic (exact) mass is 475 g/mol. The Morgan fingerprint density at radius 1 is 1.28 bits per heavy atom. The molecule has 5 nitrogen and oxygen atoms in total. The maximum Gasteiger partial charge on any atom is 0.435 e. The van der Waals surface area contributed by atoms with Crippen LogP contribution in [0.1, 0.15) is 51.8 Å². The molecule has 9 heteroatoms. The lowest BCUT2D eigenvalue weighted by atomic mass is 10.0. The van der Waals surface area contributed by atoms with E-state index in [1.54, 1.807) is 0 Å². The largest absolute Gasteiger partial charge is 0.435 e. The molecule has 0 fully saturated rings. The SMILES string of the molecule is CCNC(=NCc1cn(C)nc1C(F)(F)F)NC(C)CCC(C)C.I. The summed E-state index contributed by atoms with van der Waals surface area (Å²) in [7, 11) is 1.47. The van der Waals surface area contributed by atoms with Gasteiger partial charge in [-0.1, -0.05) is 13.8 Å². The van der Waals surface area contributed by atoms with Crippen LogP contribution in [0.4, 0.5) is 13.2 Å². The first-order valence-electron chi connectivity index (χ1n) is 8.28. The van der Waals surface area contributed by atoms with E-state index in [9.17, 15) is 13.2 Å². The summed E-state index contributed by atoms with van der Waals surface area (Å²) in [6.45, 7) is 8.85. The summed E-state index contributed by atoms with van der Waals surface area (Å²) >= 11 is 0. The molecule has 0 spiro atoms. The van der Waals surface area contributed by atoms with Crippen molar-refractivity contribution >= 4 is 29.9 Å². The molecule has 0 aliphatic rings. The molecule has 1 atom stereocenters. The molecule has 1 aromatic rings. The normalized spacial score (nSPS) is 13.6. The lowest BCUT2D eigenvalue weighted by molar-refractivity contribution is -0.142. The van der Waals surface area contributed by atoms with Gasteiger partial charge in [0.15, 0.2) is 11.7 Å². The fourth-order valence-corrected chi connectivity index (χ4v) is 2.27. The van der Waals surface area contributed by atoms with E-state index in [0.717, 1.165) is 12.8 Å². The summed E-state index contributed by atoms with van der Waals surface area (Å²) < 4.78 is 40.1. The zero-order valence-corrected chi connectivity index (χ0v) is 17.8. The number of hydrogen-bond acceptors (Lipinski definition) is 2. The molecule has 0 bridgehead atoms. The highest BCUT2D eigenvalue weighted by molar-refractivity contribution is 14.0. The van der Waals surface area contributed by atoms with Crippen molar-refractivity contribution in [1.29, 1.82) is 0 Å². The molecule has 0 aliphatic carbocycles. The third-order valence-electron chi connectivity index (χ3n) is 3.48. The molecular formula is C16H29F3IN5. The van der Waals surface area contributed by atoms with Crippen molar-refractivity contribution in [2.75, 3.05) is 6.54 Å². The van der Waals surface area contributed by atoms with Gasteiger partial charge in [0.05, 0.1) is 6.54 Å². The van der Waals surface area contributed by atoms with E-state index in [0.29, 0.717) is 18.4 Å². The van der Waals surface area contributed by atoms with E-state index in [1.165, 1.54) is 17.9 Å². The van der Waals surface area contributed by atoms with Crippen molar-refractivity contribution in [1.82, 2.24) is 20.4 Å². The summed E-state index contributed by atoms with van der Waals surface area (Å²) in [5.41, 5.74) is -0.811. The number of nitrogens with one attached hydrogen (secondary N) is 2. The fraction of sp³-hybridized carbons (Fsp3) is 0.750. The summed E-state index contributed by atoms with van der Waals surface area (Å²) in [6, 6.07) is 0.196. The number of aliphatic imine (C=N–C) groups is 1. The van der Waals surface area contributed by atoms with Gasteiger partial charge in [-0.3, -0.25) is 4.68 Å². The van der Waals surface area contributed by atoms with Gasteiger partial charge in [-0.25, -0.2) is 4.99 Å². The Balaban J connectivity index is 0.00000576. The molecule has 1 unspecified atom stereocenters. The number of aromatic nitrogens is 2. The molecule has 1 heterocycles. The molecular weight excluding hydrogens is 446 g/mol. The van der Waals surface area contributed by atoms with Crippen LogP contribution in [0.15, 0.2) is 11.2 Å². The molecule has 1 aromatic heterocycles. The second-order valence-corrected chi connectivity index (χ2v) is 6.39. The minimum atomic E-state index is -4.47. The van der Waals surface area contributed by atoms with E-state index in [-0.39, 0.29) is 42.1 Å². The molecule has 0 radical (unpaired) electrons. The van der Waals surface area contributed by atoms with Crippen LogP contribution in [0.5, 0.6) is 0 Å². The first-order chi connectivity index (χ1) is 11.1. The smallest absolute Gasteiger partial charge is 0.357 e. The zero-order valence-electron chi connectivity index (χ0n) is 15.4. The average molecular weight is 475 g/mol. The van der Waals surface area contributed by atoms with Crippen molar-refractivity contribution in [3.63, 3.8) is 0 Å². The van der Waals surface area contributed by atoms with Gasteiger partial charge in [0.1, 0.15) is 0 Å². The third kappa shape index (κ3) is 8.77. The molecule has 146 valence electrons. The lowest BCUT2D eigenvalue weighted by Gasteiger charge is -2.18. The Bertz CT molecular complexity index is 540. The van der Waals surface area contributed by atoms with Crippen LogP contribution >= 0.6 is 24.0 Å². The van der Waals surface area contributed by atoms with E-state index in [1.807, 2.05) is 13.8 Å². The average Bonchev–Trinajstić information content (AvgIpc) is 2.84. The maximum atomic E-state index is 13.0. The van der Waals surface area contributed by atoms with Crippen LogP contribution < -0.4 is 10.6 Å². The molecule has 0 aromatic carbocycles. The predicted molar refractivity (Wildman–Crippen MR) is 105 cm³/mol. The van der Waals surface area contributed by atoms with E-state index >= 15 is 0 Å². The molecule has 1 rings (SSSR count).